The second-order valence-electron chi connectivity index (χ2n) is 6.38. The Morgan fingerprint density at radius 2 is 1.82 bits per heavy atom. The Bertz CT molecular complexity index is 866. The van der Waals surface area contributed by atoms with E-state index in [0.717, 1.165) is 12.1 Å². The van der Waals surface area contributed by atoms with Crippen LogP contribution in [0.2, 0.25) is 0 Å². The van der Waals surface area contributed by atoms with Crippen molar-refractivity contribution < 1.29 is 27.5 Å². The number of rotatable bonds is 5. The Morgan fingerprint density at radius 3 is 2.39 bits per heavy atom. The number of hydrogen-bond donors (Lipinski definition) is 0. The van der Waals surface area contributed by atoms with E-state index in [1.807, 2.05) is 0 Å². The maximum atomic E-state index is 13.4. The molecule has 0 atom stereocenters. The van der Waals surface area contributed by atoms with Gasteiger partial charge in [-0.1, -0.05) is 12.1 Å². The monoisotopic (exact) mass is 392 g/mol. The summed E-state index contributed by atoms with van der Waals surface area (Å²) >= 11 is 0. The Labute approximate surface area is 160 Å². The zero-order valence-electron chi connectivity index (χ0n) is 15.2. The number of carbonyl (C=O) groups excluding carboxylic acids is 2. The number of anilines is 1. The molecule has 1 aliphatic heterocycles. The van der Waals surface area contributed by atoms with Crippen LogP contribution >= 0.6 is 0 Å². The molecular formula is C20H19F3N2O3. The topological polar surface area (TPSA) is 49.9 Å². The molecule has 3 rings (SSSR count). The van der Waals surface area contributed by atoms with Crippen LogP contribution in [-0.2, 0) is 11.0 Å². The number of amides is 2. The molecular weight excluding hydrogens is 373 g/mol. The minimum Gasteiger partial charge on any atom is -0.497 e. The molecule has 2 amide bonds. The van der Waals surface area contributed by atoms with Crippen molar-refractivity contribution in [1.29, 1.82) is 0 Å². The second kappa shape index (κ2) is 7.92. The number of methoxy groups -OCH3 is 1. The fourth-order valence-corrected chi connectivity index (χ4v) is 3.11. The summed E-state index contributed by atoms with van der Waals surface area (Å²) < 4.78 is 45.3. The van der Waals surface area contributed by atoms with Crippen molar-refractivity contribution in [2.75, 3.05) is 25.2 Å². The van der Waals surface area contributed by atoms with E-state index in [9.17, 15) is 22.8 Å². The predicted octanol–water partition coefficient (Wildman–Crippen LogP) is 3.94. The molecule has 0 unspecified atom stereocenters. The Balaban J connectivity index is 2.00. The number of carbonyl (C=O) groups is 2. The van der Waals surface area contributed by atoms with Gasteiger partial charge >= 0.3 is 6.18 Å². The first kappa shape index (κ1) is 19.7. The maximum absolute atomic E-state index is 13.4. The molecule has 0 spiro atoms. The smallest absolute Gasteiger partial charge is 0.417 e. The first-order valence-corrected chi connectivity index (χ1v) is 8.71. The van der Waals surface area contributed by atoms with Crippen LogP contribution in [0.3, 0.4) is 0 Å². The van der Waals surface area contributed by atoms with Crippen molar-refractivity contribution in [3.63, 3.8) is 0 Å². The molecule has 148 valence electrons. The van der Waals surface area contributed by atoms with E-state index in [4.69, 9.17) is 4.74 Å². The summed E-state index contributed by atoms with van der Waals surface area (Å²) in [7, 11) is 1.49. The summed E-state index contributed by atoms with van der Waals surface area (Å²) in [5, 5.41) is 0. The lowest BCUT2D eigenvalue weighted by Gasteiger charge is -2.29. The van der Waals surface area contributed by atoms with Gasteiger partial charge in [-0.2, -0.15) is 13.2 Å². The molecule has 1 saturated heterocycles. The standard InChI is InChI=1S/C20H19F3N2O3/c1-28-15-10-8-14(9-11-15)25(13-24-12-4-7-18(24)26)19(27)16-5-2-3-6-17(16)20(21,22)23/h2-3,5-6,8-11H,4,7,12-13H2,1H3. The molecule has 0 saturated carbocycles. The van der Waals surface area contributed by atoms with E-state index in [0.29, 0.717) is 30.8 Å². The first-order valence-electron chi connectivity index (χ1n) is 8.71. The van der Waals surface area contributed by atoms with Crippen molar-refractivity contribution in [2.24, 2.45) is 0 Å². The highest BCUT2D eigenvalue weighted by Gasteiger charge is 2.37. The quantitative estimate of drug-likeness (QED) is 0.775. The van der Waals surface area contributed by atoms with E-state index in [1.165, 1.54) is 29.0 Å². The van der Waals surface area contributed by atoms with Crippen LogP contribution in [0.15, 0.2) is 48.5 Å². The number of alkyl halides is 3. The summed E-state index contributed by atoms with van der Waals surface area (Å²) in [5.74, 6) is -0.405. The van der Waals surface area contributed by atoms with Gasteiger partial charge in [0.05, 0.1) is 18.2 Å². The first-order chi connectivity index (χ1) is 13.3. The van der Waals surface area contributed by atoms with Crippen molar-refractivity contribution in [3.05, 3.63) is 59.7 Å². The van der Waals surface area contributed by atoms with Gasteiger partial charge in [-0.3, -0.25) is 14.5 Å². The highest BCUT2D eigenvalue weighted by Crippen LogP contribution is 2.33. The third-order valence-corrected chi connectivity index (χ3v) is 4.58. The van der Waals surface area contributed by atoms with Crippen LogP contribution in [0.4, 0.5) is 18.9 Å². The van der Waals surface area contributed by atoms with Crippen molar-refractivity contribution >= 4 is 17.5 Å². The summed E-state index contributed by atoms with van der Waals surface area (Å²) in [6.07, 6.45) is -3.65. The zero-order chi connectivity index (χ0) is 20.3. The highest BCUT2D eigenvalue weighted by molar-refractivity contribution is 6.07. The van der Waals surface area contributed by atoms with Crippen LogP contribution in [0, 0.1) is 0 Å². The fraction of sp³-hybridized carbons (Fsp3) is 0.300. The van der Waals surface area contributed by atoms with Crippen LogP contribution < -0.4 is 9.64 Å². The highest BCUT2D eigenvalue weighted by atomic mass is 19.4. The number of nitrogens with zero attached hydrogens (tertiary/aromatic N) is 2. The number of likely N-dealkylation sites (tertiary alicyclic amines) is 1. The molecule has 0 aliphatic carbocycles. The minimum absolute atomic E-state index is 0.115. The van der Waals surface area contributed by atoms with Crippen LogP contribution in [0.25, 0.3) is 0 Å². The molecule has 1 heterocycles. The Kier molecular flexibility index (Phi) is 5.58. The average Bonchev–Trinajstić information content (AvgIpc) is 3.09. The molecule has 1 fully saturated rings. The van der Waals surface area contributed by atoms with E-state index in [2.05, 4.69) is 0 Å². The van der Waals surface area contributed by atoms with Gasteiger partial charge in [0, 0.05) is 18.7 Å². The molecule has 0 N–H and O–H groups in total. The zero-order valence-corrected chi connectivity index (χ0v) is 15.2. The van der Waals surface area contributed by atoms with Gasteiger partial charge in [0.15, 0.2) is 0 Å². The largest absolute Gasteiger partial charge is 0.497 e. The number of benzene rings is 2. The van der Waals surface area contributed by atoms with E-state index < -0.39 is 23.2 Å². The predicted molar refractivity (Wildman–Crippen MR) is 97.1 cm³/mol. The second-order valence-corrected chi connectivity index (χ2v) is 6.38. The van der Waals surface area contributed by atoms with E-state index in [-0.39, 0.29) is 12.6 Å². The molecule has 0 bridgehead atoms. The molecule has 5 nitrogen and oxygen atoms in total. The van der Waals surface area contributed by atoms with Crippen LogP contribution in [0.1, 0.15) is 28.8 Å². The van der Waals surface area contributed by atoms with Gasteiger partial charge in [0.2, 0.25) is 5.91 Å². The number of halogens is 3. The molecule has 2 aromatic carbocycles. The third kappa shape index (κ3) is 4.11. The van der Waals surface area contributed by atoms with Crippen LogP contribution in [0.5, 0.6) is 5.75 Å². The van der Waals surface area contributed by atoms with Gasteiger partial charge in [-0.05, 0) is 42.8 Å². The Hall–Kier alpha value is -3.03. The number of ether oxygens (including phenoxy) is 1. The summed E-state index contributed by atoms with van der Waals surface area (Å²) in [4.78, 5) is 27.8. The van der Waals surface area contributed by atoms with Gasteiger partial charge in [0.25, 0.3) is 5.91 Å². The molecule has 28 heavy (non-hydrogen) atoms. The lowest BCUT2D eigenvalue weighted by molar-refractivity contribution is -0.138. The van der Waals surface area contributed by atoms with Gasteiger partial charge < -0.3 is 9.64 Å². The van der Waals surface area contributed by atoms with Crippen LogP contribution in [-0.4, -0.2) is 37.0 Å². The molecule has 0 radical (unpaired) electrons. The lowest BCUT2D eigenvalue weighted by Crippen LogP contribution is -2.42. The van der Waals surface area contributed by atoms with Gasteiger partial charge in [-0.25, -0.2) is 0 Å². The number of hydrogen-bond acceptors (Lipinski definition) is 3. The van der Waals surface area contributed by atoms with Gasteiger partial charge in [-0.15, -0.1) is 0 Å². The van der Waals surface area contributed by atoms with E-state index >= 15 is 0 Å². The normalized spacial score (nSPS) is 14.3. The average molecular weight is 392 g/mol. The Morgan fingerprint density at radius 1 is 1.14 bits per heavy atom. The molecule has 0 aromatic heterocycles. The SMILES string of the molecule is COc1ccc(N(CN2CCCC2=O)C(=O)c2ccccc2C(F)(F)F)cc1. The minimum atomic E-state index is -4.67. The van der Waals surface area contributed by atoms with Crippen molar-refractivity contribution in [1.82, 2.24) is 4.90 Å². The summed E-state index contributed by atoms with van der Waals surface area (Å²) in [6, 6.07) is 11.0. The van der Waals surface area contributed by atoms with Crippen molar-refractivity contribution in [2.45, 2.75) is 19.0 Å². The molecule has 2 aromatic rings. The third-order valence-electron chi connectivity index (χ3n) is 4.58. The lowest BCUT2D eigenvalue weighted by atomic mass is 10.1. The van der Waals surface area contributed by atoms with Gasteiger partial charge in [0.1, 0.15) is 12.4 Å². The van der Waals surface area contributed by atoms with Crippen molar-refractivity contribution in [3.8, 4) is 5.75 Å². The molecule has 1 aliphatic rings. The summed E-state index contributed by atoms with van der Waals surface area (Å²) in [6.45, 7) is 0.343. The molecule has 8 heteroatoms. The summed E-state index contributed by atoms with van der Waals surface area (Å²) in [5.41, 5.74) is -1.09. The maximum Gasteiger partial charge on any atom is 0.417 e. The fourth-order valence-electron chi connectivity index (χ4n) is 3.11. The van der Waals surface area contributed by atoms with E-state index in [1.54, 1.807) is 24.3 Å².